The van der Waals surface area contributed by atoms with Gasteiger partial charge in [-0.1, -0.05) is 38.1 Å². The van der Waals surface area contributed by atoms with E-state index < -0.39 is 28.5 Å². The highest BCUT2D eigenvalue weighted by atomic mass is 32.2. The van der Waals surface area contributed by atoms with Crippen molar-refractivity contribution in [2.75, 3.05) is 30.8 Å². The van der Waals surface area contributed by atoms with Crippen LogP contribution in [0.15, 0.2) is 48.5 Å². The SMILES string of the molecule is CCCNC(=O)[C@@H](CC)N(Cc1cccc(OC)c1)C(=O)CN(c1ccc(C23CC4CC(CC(C4)C2)C3)cc1)S(C)(=O)=O. The van der Waals surface area contributed by atoms with E-state index in [1.165, 1.54) is 53.3 Å². The highest BCUT2D eigenvalue weighted by molar-refractivity contribution is 7.92. The molecule has 0 heterocycles. The molecule has 0 saturated heterocycles. The van der Waals surface area contributed by atoms with Crippen LogP contribution < -0.4 is 14.4 Å². The monoisotopic (exact) mass is 609 g/mol. The van der Waals surface area contributed by atoms with Crippen LogP contribution in [-0.2, 0) is 31.6 Å². The highest BCUT2D eigenvalue weighted by Crippen LogP contribution is 2.60. The van der Waals surface area contributed by atoms with Crippen molar-refractivity contribution in [3.8, 4) is 5.75 Å². The van der Waals surface area contributed by atoms with Crippen molar-refractivity contribution in [1.82, 2.24) is 10.2 Å². The van der Waals surface area contributed by atoms with Crippen LogP contribution in [0, 0.1) is 17.8 Å². The number of methoxy groups -OCH3 is 1. The van der Waals surface area contributed by atoms with Crippen LogP contribution in [-0.4, -0.2) is 57.6 Å². The van der Waals surface area contributed by atoms with E-state index in [4.69, 9.17) is 4.74 Å². The summed E-state index contributed by atoms with van der Waals surface area (Å²) in [6.45, 7) is 4.09. The maximum Gasteiger partial charge on any atom is 0.244 e. The number of benzene rings is 2. The molecule has 4 aliphatic rings. The first-order valence-electron chi connectivity index (χ1n) is 15.8. The van der Waals surface area contributed by atoms with E-state index in [1.807, 2.05) is 50.2 Å². The molecule has 4 saturated carbocycles. The van der Waals surface area contributed by atoms with Gasteiger partial charge in [0.05, 0.1) is 19.1 Å². The van der Waals surface area contributed by atoms with Gasteiger partial charge in [-0.2, -0.15) is 0 Å². The van der Waals surface area contributed by atoms with Crippen LogP contribution in [0.1, 0.15) is 76.3 Å². The minimum absolute atomic E-state index is 0.149. The first kappa shape index (κ1) is 31.4. The Morgan fingerprint density at radius 1 is 1.00 bits per heavy atom. The minimum atomic E-state index is -3.79. The smallest absolute Gasteiger partial charge is 0.244 e. The summed E-state index contributed by atoms with van der Waals surface area (Å²) < 4.78 is 32.8. The van der Waals surface area contributed by atoms with Gasteiger partial charge in [0.2, 0.25) is 21.8 Å². The zero-order chi connectivity index (χ0) is 30.8. The molecule has 0 spiro atoms. The number of hydrogen-bond donors (Lipinski definition) is 1. The first-order valence-corrected chi connectivity index (χ1v) is 17.7. The van der Waals surface area contributed by atoms with Crippen molar-refractivity contribution in [3.63, 3.8) is 0 Å². The predicted molar refractivity (Wildman–Crippen MR) is 169 cm³/mol. The summed E-state index contributed by atoms with van der Waals surface area (Å²) in [5.74, 6) is 2.40. The zero-order valence-electron chi connectivity index (χ0n) is 26.1. The number of amides is 2. The number of carbonyl (C=O) groups is 2. The van der Waals surface area contributed by atoms with E-state index in [2.05, 4.69) is 17.4 Å². The van der Waals surface area contributed by atoms with Crippen LogP contribution in [0.5, 0.6) is 5.75 Å². The van der Waals surface area contributed by atoms with E-state index >= 15 is 0 Å². The molecule has 4 aliphatic carbocycles. The Bertz CT molecular complexity index is 1370. The van der Waals surface area contributed by atoms with Crippen molar-refractivity contribution in [3.05, 3.63) is 59.7 Å². The van der Waals surface area contributed by atoms with E-state index in [0.717, 1.165) is 36.0 Å². The number of nitrogens with zero attached hydrogens (tertiary/aromatic N) is 2. The lowest BCUT2D eigenvalue weighted by Crippen LogP contribution is -2.52. The summed E-state index contributed by atoms with van der Waals surface area (Å²) in [5.41, 5.74) is 2.76. The highest BCUT2D eigenvalue weighted by Gasteiger charge is 2.51. The van der Waals surface area contributed by atoms with Gasteiger partial charge in [-0.3, -0.25) is 13.9 Å². The fourth-order valence-corrected chi connectivity index (χ4v) is 9.16. The molecule has 4 fully saturated rings. The van der Waals surface area contributed by atoms with Gasteiger partial charge in [-0.15, -0.1) is 0 Å². The second kappa shape index (κ2) is 12.9. The third-order valence-corrected chi connectivity index (χ3v) is 11.0. The lowest BCUT2D eigenvalue weighted by Gasteiger charge is -2.57. The number of ether oxygens (including phenoxy) is 1. The van der Waals surface area contributed by atoms with Crippen molar-refractivity contribution in [2.24, 2.45) is 17.8 Å². The van der Waals surface area contributed by atoms with E-state index in [-0.39, 0.29) is 17.9 Å². The summed E-state index contributed by atoms with van der Waals surface area (Å²) in [6.07, 6.45) is 10.1. The third kappa shape index (κ3) is 6.87. The van der Waals surface area contributed by atoms with Crippen molar-refractivity contribution < 1.29 is 22.7 Å². The maximum atomic E-state index is 14.0. The summed E-state index contributed by atoms with van der Waals surface area (Å²) in [6, 6.07) is 14.5. The topological polar surface area (TPSA) is 96.0 Å². The second-order valence-corrected chi connectivity index (χ2v) is 15.0. The van der Waals surface area contributed by atoms with Crippen LogP contribution in [0.3, 0.4) is 0 Å². The molecule has 1 N–H and O–H groups in total. The maximum absolute atomic E-state index is 14.0. The number of nitrogens with one attached hydrogen (secondary N) is 1. The first-order chi connectivity index (χ1) is 20.5. The Balaban J connectivity index is 1.40. The fourth-order valence-electron chi connectivity index (χ4n) is 8.31. The molecular formula is C34H47N3O5S. The molecule has 2 aromatic carbocycles. The molecule has 0 radical (unpaired) electrons. The molecule has 0 aromatic heterocycles. The molecule has 1 atom stereocenters. The summed E-state index contributed by atoms with van der Waals surface area (Å²) >= 11 is 0. The van der Waals surface area contributed by atoms with Gasteiger partial charge in [-0.05, 0) is 110 Å². The summed E-state index contributed by atoms with van der Waals surface area (Å²) in [7, 11) is -2.21. The number of carbonyl (C=O) groups excluding carboxylic acids is 2. The van der Waals surface area contributed by atoms with Gasteiger partial charge < -0.3 is 15.0 Å². The normalized spacial score (nSPS) is 24.8. The third-order valence-electron chi connectivity index (χ3n) is 9.91. The number of anilines is 1. The largest absolute Gasteiger partial charge is 0.497 e. The number of rotatable bonds is 13. The van der Waals surface area contributed by atoms with Crippen LogP contribution in [0.25, 0.3) is 0 Å². The van der Waals surface area contributed by atoms with Gasteiger partial charge in [-0.25, -0.2) is 8.42 Å². The quantitative estimate of drug-likeness (QED) is 0.334. The molecule has 8 nitrogen and oxygen atoms in total. The molecule has 9 heteroatoms. The van der Waals surface area contributed by atoms with Gasteiger partial charge in [0.25, 0.3) is 0 Å². The fraction of sp³-hybridized carbons (Fsp3) is 0.588. The van der Waals surface area contributed by atoms with Gasteiger partial charge >= 0.3 is 0 Å². The Kier molecular flexibility index (Phi) is 9.40. The predicted octanol–water partition coefficient (Wildman–Crippen LogP) is 5.26. The van der Waals surface area contributed by atoms with E-state index in [0.29, 0.717) is 24.4 Å². The molecule has 6 rings (SSSR count). The number of hydrogen-bond acceptors (Lipinski definition) is 5. The Morgan fingerprint density at radius 2 is 1.63 bits per heavy atom. The molecule has 43 heavy (non-hydrogen) atoms. The molecule has 2 amide bonds. The second-order valence-electron chi connectivity index (χ2n) is 13.1. The molecule has 0 aliphatic heterocycles. The van der Waals surface area contributed by atoms with E-state index in [9.17, 15) is 18.0 Å². The Labute approximate surface area is 257 Å². The van der Waals surface area contributed by atoms with E-state index in [1.54, 1.807) is 7.11 Å². The summed E-state index contributed by atoms with van der Waals surface area (Å²) in [5, 5.41) is 2.91. The molecule has 2 aromatic rings. The molecular weight excluding hydrogens is 562 g/mol. The van der Waals surface area contributed by atoms with Crippen molar-refractivity contribution >= 4 is 27.5 Å². The van der Waals surface area contributed by atoms with Crippen LogP contribution in [0.2, 0.25) is 0 Å². The molecule has 4 bridgehead atoms. The lowest BCUT2D eigenvalue weighted by atomic mass is 9.48. The zero-order valence-corrected chi connectivity index (χ0v) is 26.9. The van der Waals surface area contributed by atoms with Crippen LogP contribution >= 0.6 is 0 Å². The Morgan fingerprint density at radius 3 is 2.16 bits per heavy atom. The lowest BCUT2D eigenvalue weighted by molar-refractivity contribution is -0.140. The number of sulfonamides is 1. The minimum Gasteiger partial charge on any atom is -0.497 e. The average Bonchev–Trinajstić information content (AvgIpc) is 2.97. The summed E-state index contributed by atoms with van der Waals surface area (Å²) in [4.78, 5) is 28.7. The molecule has 0 unspecified atom stereocenters. The van der Waals surface area contributed by atoms with Crippen molar-refractivity contribution in [1.29, 1.82) is 0 Å². The van der Waals surface area contributed by atoms with Gasteiger partial charge in [0.1, 0.15) is 18.3 Å². The van der Waals surface area contributed by atoms with Gasteiger partial charge in [0, 0.05) is 13.1 Å². The van der Waals surface area contributed by atoms with Crippen LogP contribution in [0.4, 0.5) is 5.69 Å². The van der Waals surface area contributed by atoms with Gasteiger partial charge in [0.15, 0.2) is 0 Å². The average molecular weight is 610 g/mol. The Hall–Kier alpha value is -3.07. The standard InChI is InChI=1S/C34H47N3O5S/c1-5-14-35-33(39)31(6-2)36(22-24-8-7-9-30(18-24)42-3)32(38)23-37(43(4,40)41)29-12-10-28(11-13-29)34-19-25-15-26(20-34)17-27(16-25)21-34/h7-13,18,25-27,31H,5-6,14-17,19-23H2,1-4H3,(H,35,39)/t25?,26?,27?,31-,34?/m1/s1. The molecule has 234 valence electrons. The van der Waals surface area contributed by atoms with Crippen molar-refractivity contribution in [2.45, 2.75) is 83.2 Å².